The Morgan fingerprint density at radius 3 is 2.69 bits per heavy atom. The number of carbonyl (C=O) groups excluding carboxylic acids is 1. The summed E-state index contributed by atoms with van der Waals surface area (Å²) >= 11 is 9.36. The zero-order valence-corrected chi connectivity index (χ0v) is 11.6. The van der Waals surface area contributed by atoms with E-state index in [9.17, 15) is 4.79 Å². The molecule has 0 saturated heterocycles. The van der Waals surface area contributed by atoms with Crippen molar-refractivity contribution in [2.24, 2.45) is 0 Å². The molecule has 0 heterocycles. The largest absolute Gasteiger partial charge is 0.339 e. The standard InChI is InChI=1S/C12H15BrClNO/c1-2-15(9-5-8-13)12(16)10-6-3-4-7-11(10)14/h3-4,6-7H,2,5,8-9H2,1H3. The lowest BCUT2D eigenvalue weighted by Gasteiger charge is -2.20. The molecule has 2 nitrogen and oxygen atoms in total. The molecule has 0 aromatic heterocycles. The Labute approximate surface area is 110 Å². The molecular formula is C12H15BrClNO. The third kappa shape index (κ3) is 3.49. The SMILES string of the molecule is CCN(CCCBr)C(=O)c1ccccc1Cl. The molecule has 1 aromatic carbocycles. The molecule has 0 aliphatic heterocycles. The number of hydrogen-bond donors (Lipinski definition) is 0. The van der Waals surface area contributed by atoms with E-state index in [2.05, 4.69) is 15.9 Å². The minimum Gasteiger partial charge on any atom is -0.339 e. The van der Waals surface area contributed by atoms with Crippen molar-refractivity contribution in [1.82, 2.24) is 4.90 Å². The van der Waals surface area contributed by atoms with Crippen LogP contribution in [-0.4, -0.2) is 29.2 Å². The van der Waals surface area contributed by atoms with E-state index in [1.165, 1.54) is 0 Å². The first-order valence-electron chi connectivity index (χ1n) is 5.30. The number of carbonyl (C=O) groups is 1. The van der Waals surface area contributed by atoms with Crippen LogP contribution in [0.5, 0.6) is 0 Å². The van der Waals surface area contributed by atoms with Crippen LogP contribution >= 0.6 is 27.5 Å². The lowest BCUT2D eigenvalue weighted by Crippen LogP contribution is -2.32. The van der Waals surface area contributed by atoms with Crippen LogP contribution in [0.4, 0.5) is 0 Å². The Kier molecular flexibility index (Phi) is 5.85. The van der Waals surface area contributed by atoms with Gasteiger partial charge in [0.1, 0.15) is 0 Å². The van der Waals surface area contributed by atoms with Crippen LogP contribution in [-0.2, 0) is 0 Å². The van der Waals surface area contributed by atoms with E-state index in [0.717, 1.165) is 18.3 Å². The molecule has 0 N–H and O–H groups in total. The highest BCUT2D eigenvalue weighted by atomic mass is 79.9. The van der Waals surface area contributed by atoms with Crippen LogP contribution in [0.2, 0.25) is 5.02 Å². The number of benzene rings is 1. The lowest BCUT2D eigenvalue weighted by atomic mass is 10.2. The van der Waals surface area contributed by atoms with Crippen molar-refractivity contribution < 1.29 is 4.79 Å². The van der Waals surface area contributed by atoms with Crippen LogP contribution in [0.1, 0.15) is 23.7 Å². The number of halogens is 2. The van der Waals surface area contributed by atoms with Crippen LogP contribution in [0.3, 0.4) is 0 Å². The van der Waals surface area contributed by atoms with Crippen molar-refractivity contribution in [3.8, 4) is 0 Å². The average molecular weight is 305 g/mol. The highest BCUT2D eigenvalue weighted by molar-refractivity contribution is 9.09. The third-order valence-corrected chi connectivity index (χ3v) is 3.23. The lowest BCUT2D eigenvalue weighted by molar-refractivity contribution is 0.0765. The summed E-state index contributed by atoms with van der Waals surface area (Å²) in [5.41, 5.74) is 0.584. The molecule has 0 unspecified atom stereocenters. The van der Waals surface area contributed by atoms with Crippen LogP contribution in [0.25, 0.3) is 0 Å². The van der Waals surface area contributed by atoms with Gasteiger partial charge in [0, 0.05) is 18.4 Å². The van der Waals surface area contributed by atoms with E-state index < -0.39 is 0 Å². The summed E-state index contributed by atoms with van der Waals surface area (Å²) in [6.45, 7) is 3.44. The van der Waals surface area contributed by atoms with E-state index in [1.807, 2.05) is 24.0 Å². The van der Waals surface area contributed by atoms with E-state index in [1.54, 1.807) is 12.1 Å². The monoisotopic (exact) mass is 303 g/mol. The molecule has 1 amide bonds. The molecule has 0 aliphatic carbocycles. The van der Waals surface area contributed by atoms with Crippen molar-refractivity contribution in [2.75, 3.05) is 18.4 Å². The molecular weight excluding hydrogens is 289 g/mol. The number of hydrogen-bond acceptors (Lipinski definition) is 1. The fourth-order valence-electron chi connectivity index (χ4n) is 1.46. The first kappa shape index (κ1) is 13.5. The fraction of sp³-hybridized carbons (Fsp3) is 0.417. The maximum Gasteiger partial charge on any atom is 0.255 e. The van der Waals surface area contributed by atoms with E-state index in [0.29, 0.717) is 17.1 Å². The maximum atomic E-state index is 12.1. The predicted molar refractivity (Wildman–Crippen MR) is 71.4 cm³/mol. The predicted octanol–water partition coefficient (Wildman–Crippen LogP) is 3.59. The molecule has 4 heteroatoms. The summed E-state index contributed by atoms with van der Waals surface area (Å²) in [6, 6.07) is 7.17. The Balaban J connectivity index is 2.79. The summed E-state index contributed by atoms with van der Waals surface area (Å²) in [5, 5.41) is 1.42. The topological polar surface area (TPSA) is 20.3 Å². The Bertz CT molecular complexity index is 357. The van der Waals surface area contributed by atoms with Gasteiger partial charge >= 0.3 is 0 Å². The summed E-state index contributed by atoms with van der Waals surface area (Å²) in [7, 11) is 0. The molecule has 1 rings (SSSR count). The first-order valence-corrected chi connectivity index (χ1v) is 6.80. The van der Waals surface area contributed by atoms with Crippen LogP contribution in [0, 0.1) is 0 Å². The first-order chi connectivity index (χ1) is 7.70. The molecule has 88 valence electrons. The van der Waals surface area contributed by atoms with Gasteiger partial charge in [0.05, 0.1) is 10.6 Å². The normalized spacial score (nSPS) is 10.2. The van der Waals surface area contributed by atoms with Gasteiger partial charge in [-0.1, -0.05) is 39.7 Å². The quantitative estimate of drug-likeness (QED) is 0.761. The highest BCUT2D eigenvalue weighted by Crippen LogP contribution is 2.17. The van der Waals surface area contributed by atoms with Crippen molar-refractivity contribution in [1.29, 1.82) is 0 Å². The fourth-order valence-corrected chi connectivity index (χ4v) is 1.93. The summed E-state index contributed by atoms with van der Waals surface area (Å²) < 4.78 is 0. The van der Waals surface area contributed by atoms with Crippen molar-refractivity contribution >= 4 is 33.4 Å². The molecule has 0 spiro atoms. The second kappa shape index (κ2) is 6.92. The van der Waals surface area contributed by atoms with Gasteiger partial charge in [-0.25, -0.2) is 0 Å². The molecule has 1 aromatic rings. The van der Waals surface area contributed by atoms with E-state index in [-0.39, 0.29) is 5.91 Å². The molecule has 0 fully saturated rings. The minimum absolute atomic E-state index is 0.00838. The van der Waals surface area contributed by atoms with E-state index in [4.69, 9.17) is 11.6 Å². The Morgan fingerprint density at radius 2 is 2.12 bits per heavy atom. The summed E-state index contributed by atoms with van der Waals surface area (Å²) in [6.07, 6.45) is 0.948. The summed E-state index contributed by atoms with van der Waals surface area (Å²) in [5.74, 6) is 0.00838. The molecule has 0 radical (unpaired) electrons. The van der Waals surface area contributed by atoms with Gasteiger partial charge in [0.25, 0.3) is 5.91 Å². The molecule has 0 bridgehead atoms. The second-order valence-corrected chi connectivity index (χ2v) is 4.61. The van der Waals surface area contributed by atoms with Gasteiger partial charge in [-0.2, -0.15) is 0 Å². The zero-order chi connectivity index (χ0) is 12.0. The Hall–Kier alpha value is -0.540. The van der Waals surface area contributed by atoms with Crippen LogP contribution in [0.15, 0.2) is 24.3 Å². The van der Waals surface area contributed by atoms with Crippen molar-refractivity contribution in [3.05, 3.63) is 34.9 Å². The van der Waals surface area contributed by atoms with Crippen LogP contribution < -0.4 is 0 Å². The van der Waals surface area contributed by atoms with Gasteiger partial charge in [0.15, 0.2) is 0 Å². The van der Waals surface area contributed by atoms with Gasteiger partial charge in [-0.3, -0.25) is 4.79 Å². The number of alkyl halides is 1. The smallest absolute Gasteiger partial charge is 0.255 e. The van der Waals surface area contributed by atoms with Crippen molar-refractivity contribution in [2.45, 2.75) is 13.3 Å². The van der Waals surface area contributed by atoms with Gasteiger partial charge in [0.2, 0.25) is 0 Å². The number of nitrogens with zero attached hydrogens (tertiary/aromatic N) is 1. The second-order valence-electron chi connectivity index (χ2n) is 3.41. The highest BCUT2D eigenvalue weighted by Gasteiger charge is 2.15. The molecule has 0 aliphatic rings. The Morgan fingerprint density at radius 1 is 1.44 bits per heavy atom. The number of amides is 1. The number of rotatable bonds is 5. The van der Waals surface area contributed by atoms with Gasteiger partial charge in [-0.15, -0.1) is 0 Å². The third-order valence-electron chi connectivity index (χ3n) is 2.33. The molecule has 0 saturated carbocycles. The molecule has 0 atom stereocenters. The minimum atomic E-state index is 0.00838. The average Bonchev–Trinajstić information content (AvgIpc) is 2.30. The van der Waals surface area contributed by atoms with Gasteiger partial charge in [-0.05, 0) is 25.5 Å². The van der Waals surface area contributed by atoms with Gasteiger partial charge < -0.3 is 4.90 Å². The van der Waals surface area contributed by atoms with E-state index >= 15 is 0 Å². The maximum absolute atomic E-state index is 12.1. The summed E-state index contributed by atoms with van der Waals surface area (Å²) in [4.78, 5) is 13.9. The zero-order valence-electron chi connectivity index (χ0n) is 9.25. The van der Waals surface area contributed by atoms with Crippen molar-refractivity contribution in [3.63, 3.8) is 0 Å². The molecule has 16 heavy (non-hydrogen) atoms.